The van der Waals surface area contributed by atoms with E-state index in [1.165, 1.54) is 17.0 Å². The summed E-state index contributed by atoms with van der Waals surface area (Å²) in [5, 5.41) is 13.9. The second-order valence-corrected chi connectivity index (χ2v) is 5.79. The molecule has 0 radical (unpaired) electrons. The van der Waals surface area contributed by atoms with E-state index in [1.807, 2.05) is 6.92 Å². The van der Waals surface area contributed by atoms with E-state index >= 15 is 0 Å². The van der Waals surface area contributed by atoms with E-state index in [9.17, 15) is 14.9 Å². The van der Waals surface area contributed by atoms with Crippen molar-refractivity contribution in [3.8, 4) is 5.75 Å². The third-order valence-corrected chi connectivity index (χ3v) is 3.96. The van der Waals surface area contributed by atoms with Crippen LogP contribution in [-0.2, 0) is 4.79 Å². The number of ether oxygens (including phenoxy) is 1. The molecule has 1 heterocycles. The van der Waals surface area contributed by atoms with Crippen LogP contribution in [-0.4, -0.2) is 22.5 Å². The highest BCUT2D eigenvalue weighted by molar-refractivity contribution is 7.80. The number of thiocarbonyl (C=S) groups is 1. The van der Waals surface area contributed by atoms with Gasteiger partial charge in [-0.3, -0.25) is 19.8 Å². The number of carbonyl (C=O) groups is 1. The third kappa shape index (κ3) is 3.55. The zero-order valence-electron chi connectivity index (χ0n) is 13.8. The van der Waals surface area contributed by atoms with Crippen molar-refractivity contribution in [3.05, 3.63) is 69.9 Å². The smallest absolute Gasteiger partial charge is 0.281 e. The molecule has 26 heavy (non-hydrogen) atoms. The summed E-state index contributed by atoms with van der Waals surface area (Å²) in [5.74, 6) is 0.343. The molecule has 0 aliphatic carbocycles. The average molecular weight is 369 g/mol. The van der Waals surface area contributed by atoms with Crippen LogP contribution >= 0.6 is 12.2 Å². The van der Waals surface area contributed by atoms with Gasteiger partial charge in [0.05, 0.1) is 17.2 Å². The fourth-order valence-corrected chi connectivity index (χ4v) is 2.81. The first kappa shape index (κ1) is 17.6. The molecule has 1 aliphatic rings. The maximum absolute atomic E-state index is 12.7. The van der Waals surface area contributed by atoms with Crippen LogP contribution in [0.5, 0.6) is 5.75 Å². The first-order chi connectivity index (χ1) is 12.5. The van der Waals surface area contributed by atoms with Crippen molar-refractivity contribution in [3.63, 3.8) is 0 Å². The SMILES string of the molecule is CCOc1cccc(N2C(=O)/C(=C/c3ccc([N+](=O)[O-])cc3)NC2=S)c1. The largest absolute Gasteiger partial charge is 0.494 e. The van der Waals surface area contributed by atoms with Gasteiger partial charge in [-0.2, -0.15) is 0 Å². The predicted molar refractivity (Wildman–Crippen MR) is 102 cm³/mol. The Bertz CT molecular complexity index is 909. The minimum Gasteiger partial charge on any atom is -0.494 e. The number of rotatable bonds is 5. The van der Waals surface area contributed by atoms with E-state index in [0.717, 1.165) is 0 Å². The number of hydrogen-bond acceptors (Lipinski definition) is 5. The van der Waals surface area contributed by atoms with E-state index < -0.39 is 4.92 Å². The van der Waals surface area contributed by atoms with Crippen molar-refractivity contribution in [2.45, 2.75) is 6.92 Å². The number of hydrogen-bond donors (Lipinski definition) is 1. The fraction of sp³-hybridized carbons (Fsp3) is 0.111. The van der Waals surface area contributed by atoms with Gasteiger partial charge in [-0.1, -0.05) is 6.07 Å². The van der Waals surface area contributed by atoms with Crippen LogP contribution in [0.2, 0.25) is 0 Å². The molecule has 132 valence electrons. The highest BCUT2D eigenvalue weighted by atomic mass is 32.1. The van der Waals surface area contributed by atoms with E-state index in [2.05, 4.69) is 5.32 Å². The van der Waals surface area contributed by atoms with Gasteiger partial charge in [0.1, 0.15) is 11.4 Å². The number of nitro groups is 1. The van der Waals surface area contributed by atoms with Crippen molar-refractivity contribution in [1.82, 2.24) is 5.32 Å². The zero-order valence-corrected chi connectivity index (χ0v) is 14.7. The molecule has 7 nitrogen and oxygen atoms in total. The van der Waals surface area contributed by atoms with Crippen molar-refractivity contribution < 1.29 is 14.5 Å². The Morgan fingerprint density at radius 2 is 2.00 bits per heavy atom. The molecule has 0 spiro atoms. The molecule has 0 unspecified atom stereocenters. The van der Waals surface area contributed by atoms with E-state index in [1.54, 1.807) is 42.5 Å². The lowest BCUT2D eigenvalue weighted by Gasteiger charge is -2.15. The van der Waals surface area contributed by atoms with Crippen LogP contribution in [0.15, 0.2) is 54.2 Å². The van der Waals surface area contributed by atoms with Gasteiger partial charge in [0, 0.05) is 18.2 Å². The predicted octanol–water partition coefficient (Wildman–Crippen LogP) is 3.26. The number of benzene rings is 2. The monoisotopic (exact) mass is 369 g/mol. The molecule has 1 N–H and O–H groups in total. The number of amides is 1. The second kappa shape index (κ2) is 7.32. The molecule has 0 aromatic heterocycles. The number of nitrogens with one attached hydrogen (secondary N) is 1. The van der Waals surface area contributed by atoms with Gasteiger partial charge in [-0.05, 0) is 55.0 Å². The Morgan fingerprint density at radius 3 is 2.65 bits per heavy atom. The molecule has 1 aliphatic heterocycles. The highest BCUT2D eigenvalue weighted by Crippen LogP contribution is 2.26. The quantitative estimate of drug-likeness (QED) is 0.377. The minimum atomic E-state index is -0.474. The van der Waals surface area contributed by atoms with Crippen molar-refractivity contribution in [1.29, 1.82) is 0 Å². The summed E-state index contributed by atoms with van der Waals surface area (Å²) in [6.45, 7) is 2.40. The summed E-state index contributed by atoms with van der Waals surface area (Å²) in [6.07, 6.45) is 1.60. The maximum atomic E-state index is 12.7. The van der Waals surface area contributed by atoms with Crippen LogP contribution in [0.3, 0.4) is 0 Å². The molecule has 1 amide bonds. The van der Waals surface area contributed by atoms with Gasteiger partial charge in [0.25, 0.3) is 11.6 Å². The molecular formula is C18H15N3O4S. The number of nitro benzene ring substituents is 1. The first-order valence-electron chi connectivity index (χ1n) is 7.84. The van der Waals surface area contributed by atoms with Gasteiger partial charge in [-0.25, -0.2) is 0 Å². The van der Waals surface area contributed by atoms with Gasteiger partial charge in [0.15, 0.2) is 5.11 Å². The van der Waals surface area contributed by atoms with Crippen molar-refractivity contribution in [2.75, 3.05) is 11.5 Å². The Labute approximate surface area is 155 Å². The van der Waals surface area contributed by atoms with E-state index in [-0.39, 0.29) is 16.7 Å². The molecule has 0 saturated carbocycles. The molecule has 1 saturated heterocycles. The van der Waals surface area contributed by atoms with Gasteiger partial charge < -0.3 is 10.1 Å². The molecule has 2 aromatic carbocycles. The summed E-state index contributed by atoms with van der Waals surface area (Å²) in [5.41, 5.74) is 1.54. The summed E-state index contributed by atoms with van der Waals surface area (Å²) in [7, 11) is 0. The lowest BCUT2D eigenvalue weighted by Crippen LogP contribution is -2.30. The summed E-state index contributed by atoms with van der Waals surface area (Å²) >= 11 is 5.28. The lowest BCUT2D eigenvalue weighted by molar-refractivity contribution is -0.384. The Morgan fingerprint density at radius 1 is 1.27 bits per heavy atom. The van der Waals surface area contributed by atoms with Crippen LogP contribution in [0.4, 0.5) is 11.4 Å². The fourth-order valence-electron chi connectivity index (χ4n) is 2.51. The summed E-state index contributed by atoms with van der Waals surface area (Å²) < 4.78 is 5.46. The molecule has 3 rings (SSSR count). The van der Waals surface area contributed by atoms with E-state index in [0.29, 0.717) is 29.3 Å². The summed E-state index contributed by atoms with van der Waals surface area (Å²) in [6, 6.07) is 13.0. The Hall–Kier alpha value is -3.26. The molecule has 0 atom stereocenters. The summed E-state index contributed by atoms with van der Waals surface area (Å²) in [4.78, 5) is 24.3. The highest BCUT2D eigenvalue weighted by Gasteiger charge is 2.32. The van der Waals surface area contributed by atoms with Crippen LogP contribution in [0.25, 0.3) is 6.08 Å². The van der Waals surface area contributed by atoms with Gasteiger partial charge in [0.2, 0.25) is 0 Å². The van der Waals surface area contributed by atoms with Crippen molar-refractivity contribution in [2.24, 2.45) is 0 Å². The maximum Gasteiger partial charge on any atom is 0.281 e. The van der Waals surface area contributed by atoms with Crippen LogP contribution in [0.1, 0.15) is 12.5 Å². The van der Waals surface area contributed by atoms with Gasteiger partial charge >= 0.3 is 0 Å². The molecule has 2 aromatic rings. The lowest BCUT2D eigenvalue weighted by atomic mass is 10.1. The molecule has 0 bridgehead atoms. The standard InChI is InChI=1S/C18H15N3O4S/c1-2-25-15-5-3-4-14(11-15)20-17(22)16(19-18(20)26)10-12-6-8-13(9-7-12)21(23)24/h3-11H,2H2,1H3,(H,19,26)/b16-10-. The third-order valence-electron chi connectivity index (χ3n) is 3.68. The van der Waals surface area contributed by atoms with Gasteiger partial charge in [-0.15, -0.1) is 0 Å². The number of carbonyl (C=O) groups excluding carboxylic acids is 1. The topological polar surface area (TPSA) is 84.7 Å². The van der Waals surface area contributed by atoms with Crippen LogP contribution < -0.4 is 15.0 Å². The molecule has 1 fully saturated rings. The zero-order chi connectivity index (χ0) is 18.7. The van der Waals surface area contributed by atoms with Crippen molar-refractivity contribution >= 4 is 40.7 Å². The average Bonchev–Trinajstić information content (AvgIpc) is 2.89. The van der Waals surface area contributed by atoms with E-state index in [4.69, 9.17) is 17.0 Å². The number of non-ortho nitro benzene ring substituents is 1. The minimum absolute atomic E-state index is 0.0113. The normalized spacial score (nSPS) is 15.3. The van der Waals surface area contributed by atoms with Crippen LogP contribution in [0, 0.1) is 10.1 Å². The molecular weight excluding hydrogens is 354 g/mol. The first-order valence-corrected chi connectivity index (χ1v) is 8.25. The number of anilines is 1. The Balaban J connectivity index is 1.86. The molecule has 8 heteroatoms. The number of nitrogens with zero attached hydrogens (tertiary/aromatic N) is 2. The Kier molecular flexibility index (Phi) is 4.94. The second-order valence-electron chi connectivity index (χ2n) is 5.41.